The molecule has 0 aliphatic rings. The van der Waals surface area contributed by atoms with Crippen molar-refractivity contribution in [3.63, 3.8) is 0 Å². The third kappa shape index (κ3) is 4.25. The van der Waals surface area contributed by atoms with Crippen LogP contribution in [0.1, 0.15) is 27.7 Å². The van der Waals surface area contributed by atoms with Gasteiger partial charge >= 0.3 is 6.09 Å². The number of hydrogen-bond donors (Lipinski definition) is 2. The third-order valence-electron chi connectivity index (χ3n) is 2.25. The zero-order chi connectivity index (χ0) is 15.3. The van der Waals surface area contributed by atoms with Crippen LogP contribution in [-0.2, 0) is 4.74 Å². The second-order valence-corrected chi connectivity index (χ2v) is 5.15. The van der Waals surface area contributed by atoms with Crippen molar-refractivity contribution in [1.29, 1.82) is 0 Å². The molecule has 0 aromatic heterocycles. The van der Waals surface area contributed by atoms with Crippen molar-refractivity contribution in [1.82, 2.24) is 5.32 Å². The van der Waals surface area contributed by atoms with Crippen LogP contribution in [0.4, 0.5) is 10.5 Å². The molecule has 0 aliphatic heterocycles. The van der Waals surface area contributed by atoms with Crippen molar-refractivity contribution in [3.8, 4) is 5.75 Å². The Morgan fingerprint density at radius 2 is 1.80 bits per heavy atom. The van der Waals surface area contributed by atoms with Gasteiger partial charge in [-0.05, 0) is 27.7 Å². The van der Waals surface area contributed by atoms with Gasteiger partial charge in [-0.2, -0.15) is 0 Å². The highest BCUT2D eigenvalue weighted by Gasteiger charge is 2.21. The SMILES string of the molecule is CCOc1c(NCCNC(=O)OC(C)(C)C)c(=O)c1=O. The highest BCUT2D eigenvalue weighted by molar-refractivity contribution is 5.67. The summed E-state index contributed by atoms with van der Waals surface area (Å²) in [5.74, 6) is 0.0646. The van der Waals surface area contributed by atoms with E-state index in [9.17, 15) is 14.4 Å². The molecular weight excluding hydrogens is 264 g/mol. The van der Waals surface area contributed by atoms with E-state index in [-0.39, 0.29) is 18.0 Å². The maximum atomic E-state index is 11.4. The lowest BCUT2D eigenvalue weighted by Crippen LogP contribution is -2.38. The summed E-state index contributed by atoms with van der Waals surface area (Å²) >= 11 is 0. The topological polar surface area (TPSA) is 93.7 Å². The van der Waals surface area contributed by atoms with Crippen molar-refractivity contribution in [3.05, 3.63) is 20.4 Å². The second-order valence-electron chi connectivity index (χ2n) is 5.15. The Balaban J connectivity index is 2.36. The lowest BCUT2D eigenvalue weighted by molar-refractivity contribution is 0.0530. The highest BCUT2D eigenvalue weighted by atomic mass is 16.6. The van der Waals surface area contributed by atoms with Crippen molar-refractivity contribution in [2.45, 2.75) is 33.3 Å². The first-order valence-electron chi connectivity index (χ1n) is 6.43. The molecule has 0 heterocycles. The lowest BCUT2D eigenvalue weighted by Gasteiger charge is -2.20. The van der Waals surface area contributed by atoms with Crippen molar-refractivity contribution >= 4 is 11.8 Å². The summed E-state index contributed by atoms with van der Waals surface area (Å²) < 4.78 is 10.1. The number of ether oxygens (including phenoxy) is 2. The molecule has 112 valence electrons. The Kier molecular flexibility index (Phi) is 5.12. The van der Waals surface area contributed by atoms with Crippen LogP contribution in [0.2, 0.25) is 0 Å². The zero-order valence-electron chi connectivity index (χ0n) is 12.2. The van der Waals surface area contributed by atoms with E-state index in [1.165, 1.54) is 0 Å². The first kappa shape index (κ1) is 16.0. The van der Waals surface area contributed by atoms with Crippen LogP contribution in [0.5, 0.6) is 5.75 Å². The molecule has 0 saturated heterocycles. The summed E-state index contributed by atoms with van der Waals surface area (Å²) in [7, 11) is 0. The van der Waals surface area contributed by atoms with E-state index in [1.807, 2.05) is 0 Å². The predicted molar refractivity (Wildman–Crippen MR) is 75.2 cm³/mol. The summed E-state index contributed by atoms with van der Waals surface area (Å²) in [5, 5.41) is 5.30. The molecule has 0 fully saturated rings. The summed E-state index contributed by atoms with van der Waals surface area (Å²) in [6.45, 7) is 7.90. The number of alkyl carbamates (subject to hydrolysis) is 1. The average Bonchev–Trinajstić information content (AvgIpc) is 2.34. The minimum atomic E-state index is -0.616. The number of carbonyl (C=O) groups is 1. The molecule has 7 nitrogen and oxygen atoms in total. The van der Waals surface area contributed by atoms with E-state index >= 15 is 0 Å². The third-order valence-corrected chi connectivity index (χ3v) is 2.25. The minimum Gasteiger partial charge on any atom is -0.488 e. The van der Waals surface area contributed by atoms with Crippen LogP contribution in [0.25, 0.3) is 0 Å². The van der Waals surface area contributed by atoms with Gasteiger partial charge in [0, 0.05) is 13.1 Å². The van der Waals surface area contributed by atoms with Crippen LogP contribution in [0.3, 0.4) is 0 Å². The Bertz CT molecular complexity index is 538. The van der Waals surface area contributed by atoms with E-state index in [2.05, 4.69) is 10.6 Å². The molecule has 20 heavy (non-hydrogen) atoms. The molecule has 0 bridgehead atoms. The molecule has 1 aromatic rings. The van der Waals surface area contributed by atoms with E-state index in [1.54, 1.807) is 27.7 Å². The zero-order valence-corrected chi connectivity index (χ0v) is 12.2. The fourth-order valence-corrected chi connectivity index (χ4v) is 1.48. The Morgan fingerprint density at radius 3 is 2.35 bits per heavy atom. The van der Waals surface area contributed by atoms with Gasteiger partial charge in [-0.25, -0.2) is 4.79 Å². The fourth-order valence-electron chi connectivity index (χ4n) is 1.48. The molecule has 1 amide bonds. The summed E-state index contributed by atoms with van der Waals surface area (Å²) in [5.41, 5.74) is -1.60. The molecule has 0 atom stereocenters. The van der Waals surface area contributed by atoms with Crippen LogP contribution in [-0.4, -0.2) is 31.4 Å². The highest BCUT2D eigenvalue weighted by Crippen LogP contribution is 2.16. The van der Waals surface area contributed by atoms with E-state index in [4.69, 9.17) is 9.47 Å². The largest absolute Gasteiger partial charge is 0.488 e. The Morgan fingerprint density at radius 1 is 1.15 bits per heavy atom. The van der Waals surface area contributed by atoms with Crippen molar-refractivity contribution in [2.24, 2.45) is 0 Å². The first-order valence-corrected chi connectivity index (χ1v) is 6.43. The Hall–Kier alpha value is -2.05. The van der Waals surface area contributed by atoms with Gasteiger partial charge in [-0.15, -0.1) is 0 Å². The number of amides is 1. The number of hydrogen-bond acceptors (Lipinski definition) is 6. The van der Waals surface area contributed by atoms with E-state index in [0.29, 0.717) is 13.2 Å². The maximum absolute atomic E-state index is 11.4. The van der Waals surface area contributed by atoms with Gasteiger partial charge in [0.25, 0.3) is 10.9 Å². The summed E-state index contributed by atoms with van der Waals surface area (Å²) in [6, 6.07) is 0. The first-order chi connectivity index (χ1) is 9.26. The second kappa shape index (κ2) is 6.40. The van der Waals surface area contributed by atoms with Crippen LogP contribution < -0.4 is 26.2 Å². The quantitative estimate of drug-likeness (QED) is 0.587. The van der Waals surface area contributed by atoms with E-state index < -0.39 is 22.6 Å². The van der Waals surface area contributed by atoms with Crippen molar-refractivity contribution in [2.75, 3.05) is 25.0 Å². The van der Waals surface area contributed by atoms with Crippen LogP contribution in [0, 0.1) is 0 Å². The molecule has 0 aliphatic carbocycles. The molecule has 0 spiro atoms. The molecule has 2 N–H and O–H groups in total. The van der Waals surface area contributed by atoms with Gasteiger partial charge in [0.1, 0.15) is 11.3 Å². The van der Waals surface area contributed by atoms with Gasteiger partial charge in [0.2, 0.25) is 0 Å². The molecule has 1 rings (SSSR count). The number of rotatable bonds is 6. The molecule has 1 aromatic carbocycles. The number of anilines is 1. The van der Waals surface area contributed by atoms with E-state index in [0.717, 1.165) is 0 Å². The van der Waals surface area contributed by atoms with Gasteiger partial charge in [-0.1, -0.05) is 0 Å². The number of nitrogens with one attached hydrogen (secondary N) is 2. The lowest BCUT2D eigenvalue weighted by atomic mass is 10.2. The maximum Gasteiger partial charge on any atom is 0.407 e. The summed E-state index contributed by atoms with van der Waals surface area (Å²) in [6.07, 6.45) is -0.533. The molecular formula is C13H20N2O5. The van der Waals surface area contributed by atoms with Gasteiger partial charge in [0.15, 0.2) is 5.75 Å². The number of carbonyl (C=O) groups excluding carboxylic acids is 1. The molecule has 0 radical (unpaired) electrons. The van der Waals surface area contributed by atoms with Crippen LogP contribution >= 0.6 is 0 Å². The fraction of sp³-hybridized carbons (Fsp3) is 0.615. The van der Waals surface area contributed by atoms with Gasteiger partial charge < -0.3 is 20.1 Å². The standard InChI is InChI=1S/C13H20N2O5/c1-5-19-11-8(9(16)10(11)17)14-6-7-15-12(18)20-13(2,3)4/h14H,5-7H2,1-4H3,(H,15,18). The van der Waals surface area contributed by atoms with Crippen LogP contribution in [0.15, 0.2) is 9.59 Å². The Labute approximate surface area is 117 Å². The molecule has 7 heteroatoms. The monoisotopic (exact) mass is 284 g/mol. The van der Waals surface area contributed by atoms with Gasteiger partial charge in [-0.3, -0.25) is 9.59 Å². The molecule has 0 saturated carbocycles. The average molecular weight is 284 g/mol. The van der Waals surface area contributed by atoms with Crippen molar-refractivity contribution < 1.29 is 14.3 Å². The predicted octanol–water partition coefficient (Wildman–Crippen LogP) is 0.618. The molecule has 0 unspecified atom stereocenters. The normalized spacial score (nSPS) is 11.2. The smallest absolute Gasteiger partial charge is 0.407 e. The minimum absolute atomic E-state index is 0.0646. The van der Waals surface area contributed by atoms with Gasteiger partial charge in [0.05, 0.1) is 6.61 Å². The summed E-state index contributed by atoms with van der Waals surface area (Å²) in [4.78, 5) is 33.8.